The third kappa shape index (κ3) is 1.73. The highest BCUT2D eigenvalue weighted by Crippen LogP contribution is 2.22. The van der Waals surface area contributed by atoms with E-state index in [9.17, 15) is 10.1 Å². The molecule has 80 valence electrons. The van der Waals surface area contributed by atoms with Crippen LogP contribution in [0.25, 0.3) is 10.9 Å². The Balaban J connectivity index is 2.73. The summed E-state index contributed by atoms with van der Waals surface area (Å²) in [6.07, 6.45) is 1.27. The van der Waals surface area contributed by atoms with Crippen LogP contribution in [0.2, 0.25) is 0 Å². The van der Waals surface area contributed by atoms with E-state index in [1.54, 1.807) is 6.07 Å². The van der Waals surface area contributed by atoms with Crippen molar-refractivity contribution in [3.05, 3.63) is 40.6 Å². The van der Waals surface area contributed by atoms with E-state index in [1.807, 2.05) is 0 Å². The fourth-order valence-electron chi connectivity index (χ4n) is 1.45. The molecular formula is C9H7BN2O4. The minimum absolute atomic E-state index is 0.104. The highest BCUT2D eigenvalue weighted by Gasteiger charge is 2.16. The minimum atomic E-state index is -1.68. The third-order valence-corrected chi connectivity index (χ3v) is 2.22. The molecule has 0 aliphatic rings. The van der Waals surface area contributed by atoms with E-state index < -0.39 is 12.0 Å². The van der Waals surface area contributed by atoms with Crippen LogP contribution in [0.3, 0.4) is 0 Å². The van der Waals surface area contributed by atoms with E-state index in [-0.39, 0.29) is 16.5 Å². The normalized spacial score (nSPS) is 10.4. The Morgan fingerprint density at radius 3 is 2.75 bits per heavy atom. The van der Waals surface area contributed by atoms with Gasteiger partial charge in [0.1, 0.15) is 0 Å². The van der Waals surface area contributed by atoms with Crippen molar-refractivity contribution in [2.45, 2.75) is 0 Å². The van der Waals surface area contributed by atoms with Crippen molar-refractivity contribution in [1.82, 2.24) is 4.98 Å². The molecule has 1 heterocycles. The first kappa shape index (κ1) is 10.5. The number of rotatable bonds is 2. The minimum Gasteiger partial charge on any atom is -0.423 e. The molecule has 16 heavy (non-hydrogen) atoms. The Bertz CT molecular complexity index is 558. The number of pyridine rings is 1. The van der Waals surface area contributed by atoms with Gasteiger partial charge in [-0.3, -0.25) is 15.1 Å². The molecule has 0 saturated heterocycles. The molecule has 0 aliphatic carbocycles. The second kappa shape index (κ2) is 3.88. The van der Waals surface area contributed by atoms with Crippen molar-refractivity contribution in [2.24, 2.45) is 0 Å². The van der Waals surface area contributed by atoms with Crippen LogP contribution >= 0.6 is 0 Å². The fourth-order valence-corrected chi connectivity index (χ4v) is 1.45. The number of benzene rings is 1. The average molecular weight is 218 g/mol. The summed E-state index contributed by atoms with van der Waals surface area (Å²) in [6.45, 7) is 0. The molecule has 2 N–H and O–H groups in total. The van der Waals surface area contributed by atoms with E-state index >= 15 is 0 Å². The zero-order chi connectivity index (χ0) is 11.7. The molecule has 7 heteroatoms. The van der Waals surface area contributed by atoms with Gasteiger partial charge in [-0.1, -0.05) is 6.07 Å². The summed E-state index contributed by atoms with van der Waals surface area (Å²) in [5, 5.41) is 29.0. The van der Waals surface area contributed by atoms with Gasteiger partial charge in [0.05, 0.1) is 15.8 Å². The van der Waals surface area contributed by atoms with E-state index in [1.165, 1.54) is 24.4 Å². The van der Waals surface area contributed by atoms with Crippen molar-refractivity contribution in [3.8, 4) is 0 Å². The molecule has 0 atom stereocenters. The van der Waals surface area contributed by atoms with Gasteiger partial charge in [0.15, 0.2) is 0 Å². The van der Waals surface area contributed by atoms with Crippen LogP contribution in [0.4, 0.5) is 5.69 Å². The maximum atomic E-state index is 10.7. The SMILES string of the molecule is O=[N+]([O-])c1cccc2ncc(B(O)O)cc12. The second-order valence-corrected chi connectivity index (χ2v) is 3.24. The number of nitrogens with zero attached hydrogens (tertiary/aromatic N) is 2. The quantitative estimate of drug-likeness (QED) is 0.414. The Morgan fingerprint density at radius 1 is 1.38 bits per heavy atom. The second-order valence-electron chi connectivity index (χ2n) is 3.24. The first-order chi connectivity index (χ1) is 7.59. The molecule has 0 spiro atoms. The Labute approximate surface area is 90.5 Å². The van der Waals surface area contributed by atoms with Gasteiger partial charge in [-0.2, -0.15) is 0 Å². The van der Waals surface area contributed by atoms with E-state index in [0.717, 1.165) is 0 Å². The highest BCUT2D eigenvalue weighted by atomic mass is 16.6. The van der Waals surface area contributed by atoms with Gasteiger partial charge in [-0.05, 0) is 12.1 Å². The molecule has 0 amide bonds. The summed E-state index contributed by atoms with van der Waals surface area (Å²) in [7, 11) is -1.68. The Kier molecular flexibility index (Phi) is 2.55. The molecule has 0 unspecified atom stereocenters. The van der Waals surface area contributed by atoms with Gasteiger partial charge < -0.3 is 10.0 Å². The summed E-state index contributed by atoms with van der Waals surface area (Å²) < 4.78 is 0. The van der Waals surface area contributed by atoms with Gasteiger partial charge in [-0.25, -0.2) is 0 Å². The highest BCUT2D eigenvalue weighted by molar-refractivity contribution is 6.58. The lowest BCUT2D eigenvalue weighted by Crippen LogP contribution is -2.30. The van der Waals surface area contributed by atoms with Crippen LogP contribution in [0.15, 0.2) is 30.5 Å². The van der Waals surface area contributed by atoms with Crippen molar-refractivity contribution in [2.75, 3.05) is 0 Å². The van der Waals surface area contributed by atoms with Crippen LogP contribution in [0.1, 0.15) is 0 Å². The van der Waals surface area contributed by atoms with Crippen LogP contribution in [0, 0.1) is 10.1 Å². The molecule has 1 aromatic carbocycles. The Hall–Kier alpha value is -1.99. The monoisotopic (exact) mass is 218 g/mol. The molecule has 2 aromatic rings. The number of fused-ring (bicyclic) bond motifs is 1. The predicted molar refractivity (Wildman–Crippen MR) is 58.2 cm³/mol. The molecular weight excluding hydrogens is 211 g/mol. The number of nitro benzene ring substituents is 1. The third-order valence-electron chi connectivity index (χ3n) is 2.22. The summed E-state index contributed by atoms with van der Waals surface area (Å²) >= 11 is 0. The van der Waals surface area contributed by atoms with Gasteiger partial charge in [-0.15, -0.1) is 0 Å². The largest absolute Gasteiger partial charge is 0.490 e. The lowest BCUT2D eigenvalue weighted by Gasteiger charge is -2.02. The summed E-state index contributed by atoms with van der Waals surface area (Å²) in [5.74, 6) is 0. The van der Waals surface area contributed by atoms with Gasteiger partial charge in [0.25, 0.3) is 5.69 Å². The molecule has 0 bridgehead atoms. The summed E-state index contributed by atoms with van der Waals surface area (Å²) in [4.78, 5) is 14.1. The molecule has 2 rings (SSSR count). The van der Waals surface area contributed by atoms with Crippen LogP contribution in [-0.4, -0.2) is 27.1 Å². The Morgan fingerprint density at radius 2 is 2.12 bits per heavy atom. The zero-order valence-electron chi connectivity index (χ0n) is 8.07. The number of aromatic nitrogens is 1. The molecule has 0 saturated carbocycles. The van der Waals surface area contributed by atoms with Crippen molar-refractivity contribution in [3.63, 3.8) is 0 Å². The van der Waals surface area contributed by atoms with Gasteiger partial charge in [0.2, 0.25) is 0 Å². The zero-order valence-corrected chi connectivity index (χ0v) is 8.07. The average Bonchev–Trinajstić information content (AvgIpc) is 2.27. The smallest absolute Gasteiger partial charge is 0.423 e. The summed E-state index contributed by atoms with van der Waals surface area (Å²) in [5.41, 5.74) is 0.466. The molecule has 0 aliphatic heterocycles. The van der Waals surface area contributed by atoms with Gasteiger partial charge in [0, 0.05) is 17.7 Å². The number of non-ortho nitro benzene ring substituents is 1. The number of hydrogen-bond donors (Lipinski definition) is 2. The number of nitro groups is 1. The van der Waals surface area contributed by atoms with Crippen molar-refractivity contribution < 1.29 is 15.0 Å². The first-order valence-corrected chi connectivity index (χ1v) is 4.49. The van der Waals surface area contributed by atoms with Crippen molar-refractivity contribution in [1.29, 1.82) is 0 Å². The lowest BCUT2D eigenvalue weighted by atomic mass is 9.81. The van der Waals surface area contributed by atoms with Crippen LogP contribution in [0.5, 0.6) is 0 Å². The topological polar surface area (TPSA) is 96.5 Å². The molecule has 1 aromatic heterocycles. The fraction of sp³-hybridized carbons (Fsp3) is 0. The molecule has 0 fully saturated rings. The van der Waals surface area contributed by atoms with Gasteiger partial charge >= 0.3 is 7.12 Å². The first-order valence-electron chi connectivity index (χ1n) is 4.49. The van der Waals surface area contributed by atoms with E-state index in [4.69, 9.17) is 10.0 Å². The predicted octanol–water partition coefficient (Wildman–Crippen LogP) is -0.177. The van der Waals surface area contributed by atoms with E-state index in [0.29, 0.717) is 5.52 Å². The summed E-state index contributed by atoms with van der Waals surface area (Å²) in [6, 6.07) is 5.85. The maximum Gasteiger partial charge on any atom is 0.490 e. The maximum absolute atomic E-state index is 10.7. The van der Waals surface area contributed by atoms with Crippen LogP contribution in [-0.2, 0) is 0 Å². The lowest BCUT2D eigenvalue weighted by molar-refractivity contribution is -0.383. The van der Waals surface area contributed by atoms with E-state index in [2.05, 4.69) is 4.98 Å². The number of hydrogen-bond acceptors (Lipinski definition) is 5. The standard InChI is InChI=1S/C9H7BN2O4/c13-10(14)6-4-7-8(11-5-6)2-1-3-9(7)12(15)16/h1-5,13-14H. The molecule has 6 nitrogen and oxygen atoms in total. The molecule has 0 radical (unpaired) electrons. The van der Waals surface area contributed by atoms with Crippen LogP contribution < -0.4 is 5.46 Å². The van der Waals surface area contributed by atoms with Crippen molar-refractivity contribution >= 4 is 29.2 Å².